The van der Waals surface area contributed by atoms with E-state index in [2.05, 4.69) is 0 Å². The second kappa shape index (κ2) is 2.96. The zero-order chi connectivity index (χ0) is 6.69. The lowest BCUT2D eigenvalue weighted by atomic mass is 10.2. The van der Waals surface area contributed by atoms with Crippen molar-refractivity contribution in [3.63, 3.8) is 0 Å². The SMILES string of the molecule is N[C@H](CO)[C@H]1C=CCO1. The van der Waals surface area contributed by atoms with Crippen molar-refractivity contribution < 1.29 is 9.84 Å². The third kappa shape index (κ3) is 1.51. The summed E-state index contributed by atoms with van der Waals surface area (Å²) in [4.78, 5) is 0. The van der Waals surface area contributed by atoms with Crippen LogP contribution >= 0.6 is 0 Å². The minimum atomic E-state index is -0.260. The average molecular weight is 129 g/mol. The van der Waals surface area contributed by atoms with Crippen LogP contribution in [0.4, 0.5) is 0 Å². The second-order valence-electron chi connectivity index (χ2n) is 2.07. The molecule has 52 valence electrons. The molecule has 0 aromatic carbocycles. The summed E-state index contributed by atoms with van der Waals surface area (Å²) >= 11 is 0. The predicted octanol–water partition coefficient (Wildman–Crippen LogP) is -0.739. The minimum Gasteiger partial charge on any atom is -0.395 e. The molecule has 1 heterocycles. The van der Waals surface area contributed by atoms with Gasteiger partial charge in [-0.05, 0) is 0 Å². The van der Waals surface area contributed by atoms with Crippen LogP contribution < -0.4 is 5.73 Å². The molecule has 2 atom stereocenters. The summed E-state index contributed by atoms with van der Waals surface area (Å²) in [6.07, 6.45) is 3.70. The first-order valence-corrected chi connectivity index (χ1v) is 2.99. The van der Waals surface area contributed by atoms with E-state index in [1.54, 1.807) is 0 Å². The van der Waals surface area contributed by atoms with Crippen molar-refractivity contribution in [2.75, 3.05) is 13.2 Å². The monoisotopic (exact) mass is 129 g/mol. The molecule has 0 bridgehead atoms. The van der Waals surface area contributed by atoms with Crippen LogP contribution in [0.15, 0.2) is 12.2 Å². The molecular formula is C6H11NO2. The van der Waals surface area contributed by atoms with Gasteiger partial charge in [0.15, 0.2) is 0 Å². The summed E-state index contributed by atoms with van der Waals surface area (Å²) in [7, 11) is 0. The van der Waals surface area contributed by atoms with Crippen molar-refractivity contribution in [2.24, 2.45) is 5.73 Å². The van der Waals surface area contributed by atoms with Crippen LogP contribution in [0, 0.1) is 0 Å². The molecule has 3 heteroatoms. The van der Waals surface area contributed by atoms with Crippen LogP contribution in [0.5, 0.6) is 0 Å². The molecule has 9 heavy (non-hydrogen) atoms. The lowest BCUT2D eigenvalue weighted by Gasteiger charge is -2.13. The van der Waals surface area contributed by atoms with E-state index in [9.17, 15) is 0 Å². The molecule has 1 aliphatic rings. The molecule has 0 saturated heterocycles. The van der Waals surface area contributed by atoms with Gasteiger partial charge in [0.2, 0.25) is 0 Å². The molecule has 1 aliphatic heterocycles. The van der Waals surface area contributed by atoms with E-state index in [0.29, 0.717) is 6.61 Å². The lowest BCUT2D eigenvalue weighted by Crippen LogP contribution is -2.36. The zero-order valence-corrected chi connectivity index (χ0v) is 5.16. The van der Waals surface area contributed by atoms with E-state index >= 15 is 0 Å². The second-order valence-corrected chi connectivity index (χ2v) is 2.07. The standard InChI is InChI=1S/C6H11NO2/c7-5(4-8)6-2-1-3-9-6/h1-2,5-6,8H,3-4,7H2/t5-,6-/m1/s1. The van der Waals surface area contributed by atoms with Crippen LogP contribution in [-0.2, 0) is 4.74 Å². The van der Waals surface area contributed by atoms with Gasteiger partial charge in [0.05, 0.1) is 25.4 Å². The number of hydrogen-bond donors (Lipinski definition) is 2. The Labute approximate surface area is 54.1 Å². The van der Waals surface area contributed by atoms with Crippen LogP contribution in [-0.4, -0.2) is 30.5 Å². The average Bonchev–Trinajstić information content (AvgIpc) is 2.37. The Morgan fingerprint density at radius 1 is 1.89 bits per heavy atom. The van der Waals surface area contributed by atoms with Crippen molar-refractivity contribution in [3.05, 3.63) is 12.2 Å². The summed E-state index contributed by atoms with van der Waals surface area (Å²) in [5.41, 5.74) is 5.45. The summed E-state index contributed by atoms with van der Waals surface area (Å²) in [5, 5.41) is 8.56. The van der Waals surface area contributed by atoms with Crippen molar-refractivity contribution in [1.82, 2.24) is 0 Å². The normalized spacial score (nSPS) is 28.9. The predicted molar refractivity (Wildman–Crippen MR) is 33.9 cm³/mol. The Kier molecular flexibility index (Phi) is 2.22. The molecule has 0 spiro atoms. The summed E-state index contributed by atoms with van der Waals surface area (Å²) in [6.45, 7) is 0.605. The lowest BCUT2D eigenvalue weighted by molar-refractivity contribution is 0.0851. The summed E-state index contributed by atoms with van der Waals surface area (Å²) in [6, 6.07) is -0.260. The minimum absolute atomic E-state index is 0.0188. The van der Waals surface area contributed by atoms with Gasteiger partial charge in [-0.3, -0.25) is 0 Å². The van der Waals surface area contributed by atoms with E-state index in [-0.39, 0.29) is 18.8 Å². The third-order valence-corrected chi connectivity index (χ3v) is 1.34. The highest BCUT2D eigenvalue weighted by Crippen LogP contribution is 2.05. The van der Waals surface area contributed by atoms with E-state index in [0.717, 1.165) is 0 Å². The van der Waals surface area contributed by atoms with E-state index < -0.39 is 0 Å². The van der Waals surface area contributed by atoms with Gasteiger partial charge in [-0.2, -0.15) is 0 Å². The van der Waals surface area contributed by atoms with Gasteiger partial charge >= 0.3 is 0 Å². The fraction of sp³-hybridized carbons (Fsp3) is 0.667. The zero-order valence-electron chi connectivity index (χ0n) is 5.16. The molecule has 0 unspecified atom stereocenters. The number of aliphatic hydroxyl groups excluding tert-OH is 1. The number of hydrogen-bond acceptors (Lipinski definition) is 3. The fourth-order valence-corrected chi connectivity index (χ4v) is 0.782. The van der Waals surface area contributed by atoms with Gasteiger partial charge in [-0.25, -0.2) is 0 Å². The maximum absolute atomic E-state index is 8.56. The molecular weight excluding hydrogens is 118 g/mol. The molecule has 0 aliphatic carbocycles. The van der Waals surface area contributed by atoms with E-state index in [1.165, 1.54) is 0 Å². The van der Waals surface area contributed by atoms with Crippen LogP contribution in [0.2, 0.25) is 0 Å². The maximum atomic E-state index is 8.56. The smallest absolute Gasteiger partial charge is 0.0934 e. The molecule has 0 radical (unpaired) electrons. The number of rotatable bonds is 2. The third-order valence-electron chi connectivity index (χ3n) is 1.34. The van der Waals surface area contributed by atoms with Crippen molar-refractivity contribution >= 4 is 0 Å². The van der Waals surface area contributed by atoms with Crippen LogP contribution in [0.3, 0.4) is 0 Å². The summed E-state index contributed by atoms with van der Waals surface area (Å²) in [5.74, 6) is 0. The number of nitrogens with two attached hydrogens (primary N) is 1. The molecule has 3 nitrogen and oxygen atoms in total. The van der Waals surface area contributed by atoms with Crippen LogP contribution in [0.1, 0.15) is 0 Å². The van der Waals surface area contributed by atoms with Crippen molar-refractivity contribution in [2.45, 2.75) is 12.1 Å². The van der Waals surface area contributed by atoms with Gasteiger partial charge in [0.1, 0.15) is 0 Å². The molecule has 1 rings (SSSR count). The Balaban J connectivity index is 2.33. The molecule has 0 saturated carbocycles. The fourth-order valence-electron chi connectivity index (χ4n) is 0.782. The molecule has 0 amide bonds. The topological polar surface area (TPSA) is 55.5 Å². The highest BCUT2D eigenvalue weighted by Gasteiger charge is 2.16. The van der Waals surface area contributed by atoms with Gasteiger partial charge in [-0.15, -0.1) is 0 Å². The first-order valence-electron chi connectivity index (χ1n) is 2.99. The van der Waals surface area contributed by atoms with Gasteiger partial charge in [0, 0.05) is 0 Å². The first kappa shape index (κ1) is 6.74. The Hall–Kier alpha value is -0.380. The Morgan fingerprint density at radius 3 is 3.11 bits per heavy atom. The summed E-state index contributed by atoms with van der Waals surface area (Å²) < 4.78 is 5.11. The molecule has 0 fully saturated rings. The maximum Gasteiger partial charge on any atom is 0.0934 e. The molecule has 3 N–H and O–H groups in total. The number of ether oxygens (including phenoxy) is 1. The van der Waals surface area contributed by atoms with Crippen LogP contribution in [0.25, 0.3) is 0 Å². The van der Waals surface area contributed by atoms with Gasteiger partial charge in [0.25, 0.3) is 0 Å². The quantitative estimate of drug-likeness (QED) is 0.483. The van der Waals surface area contributed by atoms with E-state index in [1.807, 2.05) is 12.2 Å². The first-order chi connectivity index (χ1) is 4.34. The van der Waals surface area contributed by atoms with Gasteiger partial charge < -0.3 is 15.6 Å². The van der Waals surface area contributed by atoms with Gasteiger partial charge in [-0.1, -0.05) is 12.2 Å². The van der Waals surface area contributed by atoms with E-state index in [4.69, 9.17) is 15.6 Å². The Morgan fingerprint density at radius 2 is 2.67 bits per heavy atom. The largest absolute Gasteiger partial charge is 0.395 e. The van der Waals surface area contributed by atoms with Crippen molar-refractivity contribution in [3.8, 4) is 0 Å². The highest BCUT2D eigenvalue weighted by atomic mass is 16.5. The Bertz CT molecular complexity index is 114. The number of aliphatic hydroxyl groups is 1. The highest BCUT2D eigenvalue weighted by molar-refractivity contribution is 5.00. The molecule has 0 aromatic rings. The molecule has 0 aromatic heterocycles. The van der Waals surface area contributed by atoms with Crippen molar-refractivity contribution in [1.29, 1.82) is 0 Å².